The lowest BCUT2D eigenvalue weighted by molar-refractivity contribution is -0.384. The number of nitrogens with one attached hydrogen (secondary N) is 1. The number of anilines is 1. The fourth-order valence-electron chi connectivity index (χ4n) is 2.61. The first kappa shape index (κ1) is 18.7. The van der Waals surface area contributed by atoms with E-state index in [1.165, 1.54) is 29.5 Å². The molecule has 1 N–H and O–H groups in total. The van der Waals surface area contributed by atoms with Crippen LogP contribution in [0.15, 0.2) is 83.8 Å². The van der Waals surface area contributed by atoms with Gasteiger partial charge >= 0.3 is 0 Å². The molecule has 5 nitrogen and oxygen atoms in total. The molecular formula is C21H18N2O3S. The molecule has 3 rings (SSSR count). The van der Waals surface area contributed by atoms with Crippen LogP contribution in [0.25, 0.3) is 0 Å². The van der Waals surface area contributed by atoms with Crippen LogP contribution in [0.4, 0.5) is 11.4 Å². The van der Waals surface area contributed by atoms with Gasteiger partial charge in [-0.3, -0.25) is 14.9 Å². The molecule has 0 atom stereocenters. The van der Waals surface area contributed by atoms with Gasteiger partial charge in [-0.25, -0.2) is 0 Å². The average Bonchev–Trinajstić information content (AvgIpc) is 2.69. The Morgan fingerprint density at radius 1 is 0.926 bits per heavy atom. The van der Waals surface area contributed by atoms with E-state index in [4.69, 9.17) is 0 Å². The molecule has 0 aliphatic rings. The summed E-state index contributed by atoms with van der Waals surface area (Å²) in [6.45, 7) is 0. The summed E-state index contributed by atoms with van der Waals surface area (Å²) in [7, 11) is 0. The van der Waals surface area contributed by atoms with Crippen LogP contribution >= 0.6 is 11.8 Å². The zero-order chi connectivity index (χ0) is 19.1. The Morgan fingerprint density at radius 2 is 1.59 bits per heavy atom. The lowest BCUT2D eigenvalue weighted by Gasteiger charge is -2.11. The van der Waals surface area contributed by atoms with Crippen molar-refractivity contribution in [1.29, 1.82) is 0 Å². The van der Waals surface area contributed by atoms with Gasteiger partial charge in [0.2, 0.25) is 5.91 Å². The average molecular weight is 378 g/mol. The molecule has 6 heteroatoms. The second-order valence-electron chi connectivity index (χ2n) is 5.91. The topological polar surface area (TPSA) is 72.2 Å². The predicted molar refractivity (Wildman–Crippen MR) is 108 cm³/mol. The number of rotatable bonds is 7. The summed E-state index contributed by atoms with van der Waals surface area (Å²) in [5.74, 6) is 0.121. The number of non-ortho nitro benzene ring substituents is 1. The predicted octanol–water partition coefficient (Wildman–Crippen LogP) is 4.92. The number of amides is 1. The third-order valence-electron chi connectivity index (χ3n) is 3.95. The van der Waals surface area contributed by atoms with E-state index >= 15 is 0 Å². The van der Waals surface area contributed by atoms with Crippen LogP contribution in [-0.4, -0.2) is 16.6 Å². The Labute approximate surface area is 161 Å². The van der Waals surface area contributed by atoms with Crippen LogP contribution in [0, 0.1) is 10.1 Å². The molecule has 27 heavy (non-hydrogen) atoms. The lowest BCUT2D eigenvalue weighted by atomic mass is 10.0. The maximum atomic E-state index is 12.3. The minimum Gasteiger partial charge on any atom is -0.325 e. The van der Waals surface area contributed by atoms with E-state index in [2.05, 4.69) is 17.4 Å². The van der Waals surface area contributed by atoms with Crippen molar-refractivity contribution >= 4 is 29.0 Å². The molecule has 0 aliphatic heterocycles. The standard InChI is InChI=1S/C21H18N2O3S/c24-21(15-27-19-12-10-18(11-13-19)23(25)26)22-20-9-5-4-8-17(20)14-16-6-2-1-3-7-16/h1-13H,14-15H2,(H,22,24). The highest BCUT2D eigenvalue weighted by atomic mass is 32.2. The number of para-hydroxylation sites is 1. The summed E-state index contributed by atoms with van der Waals surface area (Å²) in [5.41, 5.74) is 3.08. The summed E-state index contributed by atoms with van der Waals surface area (Å²) in [4.78, 5) is 23.4. The first-order valence-corrected chi connectivity index (χ1v) is 9.39. The maximum Gasteiger partial charge on any atom is 0.269 e. The molecule has 3 aromatic carbocycles. The monoisotopic (exact) mass is 378 g/mol. The summed E-state index contributed by atoms with van der Waals surface area (Å²) >= 11 is 1.34. The molecule has 0 heterocycles. The second-order valence-corrected chi connectivity index (χ2v) is 6.96. The van der Waals surface area contributed by atoms with Crippen molar-refractivity contribution < 1.29 is 9.72 Å². The van der Waals surface area contributed by atoms with E-state index in [1.807, 2.05) is 42.5 Å². The molecule has 136 valence electrons. The molecule has 0 saturated heterocycles. The van der Waals surface area contributed by atoms with Crippen molar-refractivity contribution in [2.24, 2.45) is 0 Å². The molecule has 0 unspecified atom stereocenters. The van der Waals surface area contributed by atoms with Gasteiger partial charge in [-0.05, 0) is 35.7 Å². The minimum absolute atomic E-state index is 0.0404. The van der Waals surface area contributed by atoms with E-state index in [0.717, 1.165) is 22.6 Å². The Morgan fingerprint density at radius 3 is 2.30 bits per heavy atom. The highest BCUT2D eigenvalue weighted by Crippen LogP contribution is 2.23. The smallest absolute Gasteiger partial charge is 0.269 e. The van der Waals surface area contributed by atoms with E-state index < -0.39 is 4.92 Å². The van der Waals surface area contributed by atoms with Gasteiger partial charge in [0, 0.05) is 22.7 Å². The lowest BCUT2D eigenvalue weighted by Crippen LogP contribution is -2.15. The molecule has 0 saturated carbocycles. The number of carbonyl (C=O) groups excluding carboxylic acids is 1. The van der Waals surface area contributed by atoms with Crippen molar-refractivity contribution in [2.75, 3.05) is 11.1 Å². The SMILES string of the molecule is O=C(CSc1ccc([N+](=O)[O-])cc1)Nc1ccccc1Cc1ccccc1. The normalized spacial score (nSPS) is 10.4. The third-order valence-corrected chi connectivity index (χ3v) is 4.96. The van der Waals surface area contributed by atoms with Crippen molar-refractivity contribution in [2.45, 2.75) is 11.3 Å². The van der Waals surface area contributed by atoms with E-state index in [9.17, 15) is 14.9 Å². The highest BCUT2D eigenvalue weighted by Gasteiger charge is 2.09. The van der Waals surface area contributed by atoms with Gasteiger partial charge in [0.05, 0.1) is 10.7 Å². The first-order chi connectivity index (χ1) is 13.1. The zero-order valence-electron chi connectivity index (χ0n) is 14.5. The Kier molecular flexibility index (Phi) is 6.22. The van der Waals surface area contributed by atoms with Crippen molar-refractivity contribution in [3.8, 4) is 0 Å². The fraction of sp³-hybridized carbons (Fsp3) is 0.0952. The minimum atomic E-state index is -0.440. The molecule has 3 aromatic rings. The summed E-state index contributed by atoms with van der Waals surface area (Å²) < 4.78 is 0. The van der Waals surface area contributed by atoms with Gasteiger partial charge in [-0.15, -0.1) is 11.8 Å². The van der Waals surface area contributed by atoms with Crippen molar-refractivity contribution in [3.05, 3.63) is 100 Å². The van der Waals surface area contributed by atoms with Gasteiger partial charge < -0.3 is 5.32 Å². The maximum absolute atomic E-state index is 12.3. The third kappa shape index (κ3) is 5.43. The number of nitrogens with zero attached hydrogens (tertiary/aromatic N) is 1. The van der Waals surface area contributed by atoms with Gasteiger partial charge in [0.15, 0.2) is 0 Å². The van der Waals surface area contributed by atoms with E-state index in [0.29, 0.717) is 0 Å². The Hall–Kier alpha value is -3.12. The number of thioether (sulfide) groups is 1. The van der Waals surface area contributed by atoms with Gasteiger partial charge in [-0.1, -0.05) is 48.5 Å². The second kappa shape index (κ2) is 9.00. The Bertz CT molecular complexity index is 928. The van der Waals surface area contributed by atoms with Gasteiger partial charge in [0.25, 0.3) is 5.69 Å². The Balaban J connectivity index is 1.60. The quantitative estimate of drug-likeness (QED) is 0.360. The number of nitro benzene ring substituents is 1. The van der Waals surface area contributed by atoms with Crippen molar-refractivity contribution in [1.82, 2.24) is 0 Å². The number of carbonyl (C=O) groups is 1. The van der Waals surface area contributed by atoms with Crippen molar-refractivity contribution in [3.63, 3.8) is 0 Å². The number of benzene rings is 3. The van der Waals surface area contributed by atoms with Crippen LogP contribution in [0.1, 0.15) is 11.1 Å². The van der Waals surface area contributed by atoms with E-state index in [1.54, 1.807) is 12.1 Å². The summed E-state index contributed by atoms with van der Waals surface area (Å²) in [6, 6.07) is 24.0. The molecular weight excluding hydrogens is 360 g/mol. The first-order valence-electron chi connectivity index (χ1n) is 8.41. The molecule has 0 fully saturated rings. The van der Waals surface area contributed by atoms with Crippen LogP contribution in [-0.2, 0) is 11.2 Å². The van der Waals surface area contributed by atoms with Crippen LogP contribution < -0.4 is 5.32 Å². The van der Waals surface area contributed by atoms with Gasteiger partial charge in [-0.2, -0.15) is 0 Å². The summed E-state index contributed by atoms with van der Waals surface area (Å²) in [6.07, 6.45) is 0.743. The molecule has 0 aliphatic carbocycles. The number of hydrogen-bond acceptors (Lipinski definition) is 4. The van der Waals surface area contributed by atoms with Crippen LogP contribution in [0.2, 0.25) is 0 Å². The van der Waals surface area contributed by atoms with Crippen LogP contribution in [0.5, 0.6) is 0 Å². The molecule has 0 radical (unpaired) electrons. The fourth-order valence-corrected chi connectivity index (χ4v) is 3.31. The molecule has 1 amide bonds. The molecule has 0 spiro atoms. The molecule has 0 aromatic heterocycles. The summed E-state index contributed by atoms with van der Waals surface area (Å²) in [5, 5.41) is 13.6. The molecule has 0 bridgehead atoms. The van der Waals surface area contributed by atoms with Gasteiger partial charge in [0.1, 0.15) is 0 Å². The number of hydrogen-bond donors (Lipinski definition) is 1. The van der Waals surface area contributed by atoms with E-state index in [-0.39, 0.29) is 17.3 Å². The zero-order valence-corrected chi connectivity index (χ0v) is 15.3. The number of nitro groups is 1. The van der Waals surface area contributed by atoms with Crippen LogP contribution in [0.3, 0.4) is 0 Å². The largest absolute Gasteiger partial charge is 0.325 e. The highest BCUT2D eigenvalue weighted by molar-refractivity contribution is 8.00.